The van der Waals surface area contributed by atoms with Gasteiger partial charge in [-0.05, 0) is 74.5 Å². The highest BCUT2D eigenvalue weighted by Crippen LogP contribution is 2.30. The second-order valence-corrected chi connectivity index (χ2v) is 11.1. The maximum atomic E-state index is 12.8. The summed E-state index contributed by atoms with van der Waals surface area (Å²) in [6, 6.07) is 12.5. The van der Waals surface area contributed by atoms with Gasteiger partial charge in [0.1, 0.15) is 5.69 Å². The Morgan fingerprint density at radius 2 is 1.76 bits per heavy atom. The summed E-state index contributed by atoms with van der Waals surface area (Å²) in [5.41, 5.74) is 3.89. The topological polar surface area (TPSA) is 125 Å². The SMILES string of the molecule is Cn1c(-c2nc(NC3CCNCC3)ncc2C#Cc2cccc(NC(=O)Nc3ccc(C(F)(F)F)cc3)c2)cc2c1CCNC2=O. The van der Waals surface area contributed by atoms with Gasteiger partial charge in [-0.2, -0.15) is 13.2 Å². The fraction of sp³-hybridized carbons (Fsp3) is 0.273. The maximum absolute atomic E-state index is 12.8. The molecule has 2 aliphatic rings. The number of benzene rings is 2. The largest absolute Gasteiger partial charge is 0.416 e. The minimum atomic E-state index is -4.46. The molecule has 0 saturated carbocycles. The second kappa shape index (κ2) is 12.9. The number of nitrogens with one attached hydrogen (secondary N) is 5. The number of urea groups is 1. The van der Waals surface area contributed by atoms with E-state index in [0.717, 1.165) is 49.5 Å². The molecular weight excluding hydrogens is 597 g/mol. The monoisotopic (exact) mass is 628 g/mol. The third kappa shape index (κ3) is 6.97. The first-order valence-corrected chi connectivity index (χ1v) is 14.8. The smallest absolute Gasteiger partial charge is 0.352 e. The normalized spacial score (nSPS) is 14.8. The van der Waals surface area contributed by atoms with E-state index in [2.05, 4.69) is 43.4 Å². The molecule has 46 heavy (non-hydrogen) atoms. The lowest BCUT2D eigenvalue weighted by Gasteiger charge is -2.23. The van der Waals surface area contributed by atoms with Gasteiger partial charge in [0.25, 0.3) is 5.91 Å². The van der Waals surface area contributed by atoms with Gasteiger partial charge in [-0.1, -0.05) is 17.9 Å². The number of nitrogens with zero attached hydrogens (tertiary/aromatic N) is 3. The van der Waals surface area contributed by atoms with Crippen LogP contribution in [0, 0.1) is 11.8 Å². The molecule has 1 saturated heterocycles. The molecule has 4 aromatic rings. The van der Waals surface area contributed by atoms with Crippen molar-refractivity contribution in [2.75, 3.05) is 35.6 Å². The standard InChI is InChI=1S/C33H31F3N8O2/c1-44-27-13-16-38-30(45)26(27)18-28(44)29-21(19-39-31(43-29)40-24-11-14-37-15-12-24)6-5-20-3-2-4-25(17-20)42-32(46)41-23-9-7-22(8-10-23)33(34,35)36/h2-4,7-10,17-19,24,37H,11-16H2,1H3,(H,38,45)(H,39,40,43)(H2,41,42,46). The first kappa shape index (κ1) is 30.7. The van der Waals surface area contributed by atoms with Gasteiger partial charge in [-0.3, -0.25) is 4.79 Å². The molecule has 0 spiro atoms. The highest BCUT2D eigenvalue weighted by Gasteiger charge is 2.30. The van der Waals surface area contributed by atoms with E-state index in [-0.39, 0.29) is 17.6 Å². The average Bonchev–Trinajstić information content (AvgIpc) is 3.38. The van der Waals surface area contributed by atoms with Gasteiger partial charge in [-0.25, -0.2) is 14.8 Å². The Labute approximate surface area is 263 Å². The molecule has 10 nitrogen and oxygen atoms in total. The van der Waals surface area contributed by atoms with E-state index >= 15 is 0 Å². The van der Waals surface area contributed by atoms with Crippen molar-refractivity contribution in [1.29, 1.82) is 0 Å². The lowest BCUT2D eigenvalue weighted by atomic mass is 10.1. The summed E-state index contributed by atoms with van der Waals surface area (Å²) < 4.78 is 40.5. The summed E-state index contributed by atoms with van der Waals surface area (Å²) >= 11 is 0. The minimum absolute atomic E-state index is 0.121. The molecule has 236 valence electrons. The van der Waals surface area contributed by atoms with Crippen LogP contribution in [0.1, 0.15) is 45.6 Å². The third-order valence-corrected chi connectivity index (χ3v) is 7.89. The summed E-state index contributed by atoms with van der Waals surface area (Å²) in [5.74, 6) is 6.66. The van der Waals surface area contributed by atoms with Crippen LogP contribution in [0.15, 0.2) is 60.8 Å². The highest BCUT2D eigenvalue weighted by atomic mass is 19.4. The molecule has 3 amide bonds. The first-order valence-electron chi connectivity index (χ1n) is 14.8. The Kier molecular flexibility index (Phi) is 8.63. The quantitative estimate of drug-likeness (QED) is 0.198. The highest BCUT2D eigenvalue weighted by molar-refractivity contribution is 6.00. The van der Waals surface area contributed by atoms with E-state index in [4.69, 9.17) is 4.98 Å². The van der Waals surface area contributed by atoms with Crippen molar-refractivity contribution in [3.8, 4) is 23.2 Å². The predicted molar refractivity (Wildman–Crippen MR) is 168 cm³/mol. The van der Waals surface area contributed by atoms with Crippen molar-refractivity contribution in [1.82, 2.24) is 25.2 Å². The van der Waals surface area contributed by atoms with Crippen LogP contribution in [0.2, 0.25) is 0 Å². The number of carbonyl (C=O) groups is 2. The van der Waals surface area contributed by atoms with Crippen LogP contribution in [0.3, 0.4) is 0 Å². The lowest BCUT2D eigenvalue weighted by molar-refractivity contribution is -0.137. The van der Waals surface area contributed by atoms with Crippen LogP contribution in [-0.4, -0.2) is 52.1 Å². The van der Waals surface area contributed by atoms with Crippen LogP contribution in [-0.2, 0) is 19.6 Å². The number of carbonyl (C=O) groups excluding carboxylic acids is 2. The first-order chi connectivity index (χ1) is 22.1. The Bertz CT molecular complexity index is 1830. The zero-order valence-electron chi connectivity index (χ0n) is 24.9. The molecule has 2 aromatic heterocycles. The van der Waals surface area contributed by atoms with Gasteiger partial charge >= 0.3 is 12.2 Å². The number of anilines is 3. The third-order valence-electron chi connectivity index (χ3n) is 7.89. The molecule has 1 fully saturated rings. The van der Waals surface area contributed by atoms with E-state index in [1.807, 2.05) is 17.7 Å². The number of halogens is 3. The van der Waals surface area contributed by atoms with Gasteiger partial charge in [-0.15, -0.1) is 0 Å². The van der Waals surface area contributed by atoms with Crippen molar-refractivity contribution >= 4 is 29.3 Å². The fourth-order valence-electron chi connectivity index (χ4n) is 5.50. The van der Waals surface area contributed by atoms with Gasteiger partial charge < -0.3 is 31.2 Å². The van der Waals surface area contributed by atoms with Crippen molar-refractivity contribution in [3.05, 3.63) is 88.7 Å². The molecule has 2 aliphatic heterocycles. The molecule has 0 radical (unpaired) electrons. The van der Waals surface area contributed by atoms with E-state index in [1.54, 1.807) is 30.5 Å². The second-order valence-electron chi connectivity index (χ2n) is 11.1. The molecule has 6 rings (SSSR count). The molecule has 5 N–H and O–H groups in total. The number of hydrogen-bond acceptors (Lipinski definition) is 6. The number of piperidine rings is 1. The van der Waals surface area contributed by atoms with Crippen LogP contribution < -0.4 is 26.6 Å². The van der Waals surface area contributed by atoms with E-state index < -0.39 is 17.8 Å². The minimum Gasteiger partial charge on any atom is -0.352 e. The van der Waals surface area contributed by atoms with Crippen molar-refractivity contribution < 1.29 is 22.8 Å². The zero-order chi connectivity index (χ0) is 32.3. The molecule has 0 unspecified atom stereocenters. The van der Waals surface area contributed by atoms with Crippen LogP contribution in [0.25, 0.3) is 11.4 Å². The molecular formula is C33H31F3N8O2. The van der Waals surface area contributed by atoms with Crippen LogP contribution in [0.4, 0.5) is 35.3 Å². The molecule has 13 heteroatoms. The Hall–Kier alpha value is -5.35. The van der Waals surface area contributed by atoms with Gasteiger partial charge in [0.15, 0.2) is 0 Å². The summed E-state index contributed by atoms with van der Waals surface area (Å²) in [7, 11) is 1.91. The maximum Gasteiger partial charge on any atom is 0.416 e. The summed E-state index contributed by atoms with van der Waals surface area (Å²) in [5, 5.41) is 14.9. The average molecular weight is 629 g/mol. The van der Waals surface area contributed by atoms with Gasteiger partial charge in [0, 0.05) is 54.9 Å². The molecule has 0 atom stereocenters. The molecule has 2 aromatic carbocycles. The number of fused-ring (bicyclic) bond motifs is 1. The Morgan fingerprint density at radius 1 is 1.00 bits per heavy atom. The summed E-state index contributed by atoms with van der Waals surface area (Å²) in [6.07, 6.45) is -0.185. The van der Waals surface area contributed by atoms with E-state index in [9.17, 15) is 22.8 Å². The van der Waals surface area contributed by atoms with Crippen LogP contribution in [0.5, 0.6) is 0 Å². The lowest BCUT2D eigenvalue weighted by Crippen LogP contribution is -2.35. The zero-order valence-corrected chi connectivity index (χ0v) is 24.9. The number of amides is 3. The Balaban J connectivity index is 1.24. The van der Waals surface area contributed by atoms with E-state index in [1.165, 1.54) is 12.1 Å². The molecule has 0 bridgehead atoms. The van der Waals surface area contributed by atoms with Crippen molar-refractivity contribution in [2.24, 2.45) is 7.05 Å². The molecule has 0 aliphatic carbocycles. The van der Waals surface area contributed by atoms with Gasteiger partial charge in [0.05, 0.1) is 22.4 Å². The molecule has 4 heterocycles. The number of aromatic nitrogens is 3. The van der Waals surface area contributed by atoms with Crippen LogP contribution >= 0.6 is 0 Å². The Morgan fingerprint density at radius 3 is 2.50 bits per heavy atom. The number of rotatable bonds is 5. The fourth-order valence-corrected chi connectivity index (χ4v) is 5.50. The number of alkyl halides is 3. The number of hydrogen-bond donors (Lipinski definition) is 5. The predicted octanol–water partition coefficient (Wildman–Crippen LogP) is 4.99. The van der Waals surface area contributed by atoms with Crippen molar-refractivity contribution in [2.45, 2.75) is 31.5 Å². The van der Waals surface area contributed by atoms with E-state index in [0.29, 0.717) is 47.0 Å². The summed E-state index contributed by atoms with van der Waals surface area (Å²) in [6.45, 7) is 2.39. The van der Waals surface area contributed by atoms with Gasteiger partial charge in [0.2, 0.25) is 5.95 Å². The summed E-state index contributed by atoms with van der Waals surface area (Å²) in [4.78, 5) is 34.5. The van der Waals surface area contributed by atoms with Crippen molar-refractivity contribution in [3.63, 3.8) is 0 Å².